The van der Waals surface area contributed by atoms with Crippen LogP contribution in [0.4, 0.5) is 11.4 Å². The number of hydrogen-bond donors (Lipinski definition) is 2. The normalized spacial score (nSPS) is 11.0. The smallest absolute Gasteiger partial charge is 0.228 e. The number of nitrogens with zero attached hydrogens (tertiary/aromatic N) is 1. The van der Waals surface area contributed by atoms with Gasteiger partial charge in [-0.15, -0.1) is 0 Å². The summed E-state index contributed by atoms with van der Waals surface area (Å²) < 4.78 is 0. The van der Waals surface area contributed by atoms with Crippen molar-refractivity contribution in [3.8, 4) is 0 Å². The van der Waals surface area contributed by atoms with Gasteiger partial charge in [-0.2, -0.15) is 0 Å². The molecule has 3 aromatic rings. The number of aromatic nitrogens is 1. The molecule has 0 saturated heterocycles. The van der Waals surface area contributed by atoms with E-state index in [0.29, 0.717) is 6.42 Å². The fraction of sp³-hybridized carbons (Fsp3) is 0.348. The number of anilines is 2. The lowest BCUT2D eigenvalue weighted by Crippen LogP contribution is -2.22. The summed E-state index contributed by atoms with van der Waals surface area (Å²) in [5.74, 6) is 0.0131. The van der Waals surface area contributed by atoms with Crippen molar-refractivity contribution >= 4 is 28.2 Å². The summed E-state index contributed by atoms with van der Waals surface area (Å²) >= 11 is 0. The van der Waals surface area contributed by atoms with E-state index < -0.39 is 0 Å². The summed E-state index contributed by atoms with van der Waals surface area (Å²) in [5, 5.41) is 4.22. The minimum atomic E-state index is 0.0131. The Kier molecular flexibility index (Phi) is 5.54. The highest BCUT2D eigenvalue weighted by Gasteiger charge is 2.14. The Morgan fingerprint density at radius 1 is 1.04 bits per heavy atom. The molecule has 0 saturated carbocycles. The largest absolute Gasteiger partial charge is 0.372 e. The molecule has 4 heteroatoms. The maximum absolute atomic E-state index is 12.7. The van der Waals surface area contributed by atoms with Crippen molar-refractivity contribution in [2.45, 2.75) is 41.0 Å². The number of amides is 1. The summed E-state index contributed by atoms with van der Waals surface area (Å²) in [4.78, 5) is 18.4. The Bertz CT molecular complexity index is 967. The number of aromatic amines is 1. The first kappa shape index (κ1) is 19.0. The van der Waals surface area contributed by atoms with Crippen LogP contribution >= 0.6 is 0 Å². The summed E-state index contributed by atoms with van der Waals surface area (Å²) in [5.41, 5.74) is 7.57. The van der Waals surface area contributed by atoms with Gasteiger partial charge < -0.3 is 15.2 Å². The van der Waals surface area contributed by atoms with Crippen molar-refractivity contribution in [2.75, 3.05) is 23.3 Å². The standard InChI is InChI=1S/C23H29N3O/c1-6-26(7-2)18-9-11-21(16(4)13-18)25-23(27)14-19-17(5)24-22-10-8-15(3)12-20(19)22/h8-13,24H,6-7,14H2,1-5H3,(H,25,27). The Hall–Kier alpha value is -2.75. The average molecular weight is 364 g/mol. The van der Waals surface area contributed by atoms with Crippen LogP contribution < -0.4 is 10.2 Å². The molecule has 1 amide bonds. The van der Waals surface area contributed by atoms with Gasteiger partial charge in [0.25, 0.3) is 0 Å². The highest BCUT2D eigenvalue weighted by Crippen LogP contribution is 2.26. The zero-order chi connectivity index (χ0) is 19.6. The Morgan fingerprint density at radius 2 is 1.78 bits per heavy atom. The predicted octanol–water partition coefficient (Wildman–Crippen LogP) is 5.12. The molecule has 0 aliphatic rings. The molecular weight excluding hydrogens is 334 g/mol. The van der Waals surface area contributed by atoms with E-state index in [-0.39, 0.29) is 5.91 Å². The quantitative estimate of drug-likeness (QED) is 0.638. The van der Waals surface area contributed by atoms with Crippen LogP contribution in [0.3, 0.4) is 0 Å². The lowest BCUT2D eigenvalue weighted by atomic mass is 10.1. The molecule has 0 bridgehead atoms. The minimum absolute atomic E-state index is 0.0131. The number of carbonyl (C=O) groups is 1. The molecule has 1 heterocycles. The average Bonchev–Trinajstić information content (AvgIpc) is 2.93. The second-order valence-electron chi connectivity index (χ2n) is 7.17. The van der Waals surface area contributed by atoms with Gasteiger partial charge in [-0.3, -0.25) is 4.79 Å². The number of hydrogen-bond acceptors (Lipinski definition) is 2. The third kappa shape index (κ3) is 4.00. The van der Waals surface area contributed by atoms with Crippen molar-refractivity contribution in [2.24, 2.45) is 0 Å². The predicted molar refractivity (Wildman–Crippen MR) is 115 cm³/mol. The van der Waals surface area contributed by atoms with Crippen LogP contribution in [0.1, 0.15) is 36.2 Å². The number of nitrogens with one attached hydrogen (secondary N) is 2. The fourth-order valence-electron chi connectivity index (χ4n) is 3.65. The van der Waals surface area contributed by atoms with Gasteiger partial charge in [-0.1, -0.05) is 11.6 Å². The summed E-state index contributed by atoms with van der Waals surface area (Å²) in [6, 6.07) is 12.5. The van der Waals surface area contributed by atoms with E-state index in [1.807, 2.05) is 19.9 Å². The molecule has 0 aliphatic carbocycles. The first-order valence-electron chi connectivity index (χ1n) is 9.66. The van der Waals surface area contributed by atoms with Crippen molar-refractivity contribution in [3.63, 3.8) is 0 Å². The molecule has 142 valence electrons. The lowest BCUT2D eigenvalue weighted by molar-refractivity contribution is -0.115. The maximum atomic E-state index is 12.7. The number of benzene rings is 2. The van der Waals surface area contributed by atoms with E-state index in [1.54, 1.807) is 0 Å². The van der Waals surface area contributed by atoms with Crippen molar-refractivity contribution in [3.05, 3.63) is 58.8 Å². The van der Waals surface area contributed by atoms with Crippen LogP contribution in [0.2, 0.25) is 0 Å². The van der Waals surface area contributed by atoms with Crippen LogP contribution in [0.5, 0.6) is 0 Å². The van der Waals surface area contributed by atoms with Gasteiger partial charge in [0.2, 0.25) is 5.91 Å². The topological polar surface area (TPSA) is 48.1 Å². The fourth-order valence-corrected chi connectivity index (χ4v) is 3.65. The molecule has 0 aliphatic heterocycles. The third-order valence-electron chi connectivity index (χ3n) is 5.23. The highest BCUT2D eigenvalue weighted by atomic mass is 16.1. The highest BCUT2D eigenvalue weighted by molar-refractivity contribution is 5.97. The van der Waals surface area contributed by atoms with Gasteiger partial charge in [0.15, 0.2) is 0 Å². The van der Waals surface area contributed by atoms with Crippen molar-refractivity contribution < 1.29 is 4.79 Å². The lowest BCUT2D eigenvalue weighted by Gasteiger charge is -2.22. The molecule has 27 heavy (non-hydrogen) atoms. The molecule has 1 aromatic heterocycles. The number of H-pyrrole nitrogens is 1. The van der Waals surface area contributed by atoms with Gasteiger partial charge in [0.1, 0.15) is 0 Å². The molecule has 0 atom stereocenters. The number of carbonyl (C=O) groups excluding carboxylic acids is 1. The van der Waals surface area contributed by atoms with Gasteiger partial charge in [0.05, 0.1) is 6.42 Å². The Balaban J connectivity index is 1.79. The molecule has 0 unspecified atom stereocenters. The monoisotopic (exact) mass is 363 g/mol. The van der Waals surface area contributed by atoms with Gasteiger partial charge in [-0.25, -0.2) is 0 Å². The number of fused-ring (bicyclic) bond motifs is 1. The Morgan fingerprint density at radius 3 is 2.44 bits per heavy atom. The van der Waals surface area contributed by atoms with E-state index in [2.05, 4.69) is 66.3 Å². The zero-order valence-corrected chi connectivity index (χ0v) is 16.9. The van der Waals surface area contributed by atoms with Crippen LogP contribution in [0, 0.1) is 20.8 Å². The molecule has 4 nitrogen and oxygen atoms in total. The second kappa shape index (κ2) is 7.87. The maximum Gasteiger partial charge on any atom is 0.228 e. The number of rotatable bonds is 6. The molecule has 0 fully saturated rings. The van der Waals surface area contributed by atoms with Gasteiger partial charge in [0, 0.05) is 41.1 Å². The van der Waals surface area contributed by atoms with Crippen LogP contribution in [0.15, 0.2) is 36.4 Å². The zero-order valence-electron chi connectivity index (χ0n) is 16.9. The Labute approximate surface area is 161 Å². The number of aryl methyl sites for hydroxylation is 3. The van der Waals surface area contributed by atoms with Crippen LogP contribution in [-0.4, -0.2) is 24.0 Å². The SMILES string of the molecule is CCN(CC)c1ccc(NC(=O)Cc2c(C)[nH]c3ccc(C)cc23)c(C)c1. The van der Waals surface area contributed by atoms with E-state index in [4.69, 9.17) is 0 Å². The second-order valence-corrected chi connectivity index (χ2v) is 7.17. The van der Waals surface area contributed by atoms with Crippen molar-refractivity contribution in [1.82, 2.24) is 4.98 Å². The van der Waals surface area contributed by atoms with E-state index >= 15 is 0 Å². The molecule has 0 radical (unpaired) electrons. The van der Waals surface area contributed by atoms with Crippen molar-refractivity contribution in [1.29, 1.82) is 0 Å². The van der Waals surface area contributed by atoms with Gasteiger partial charge >= 0.3 is 0 Å². The van der Waals surface area contributed by atoms with Crippen LogP contribution in [0.25, 0.3) is 10.9 Å². The van der Waals surface area contributed by atoms with Gasteiger partial charge in [-0.05, 0) is 76.1 Å². The third-order valence-corrected chi connectivity index (χ3v) is 5.23. The summed E-state index contributed by atoms with van der Waals surface area (Å²) in [7, 11) is 0. The van der Waals surface area contributed by atoms with Crippen LogP contribution in [-0.2, 0) is 11.2 Å². The summed E-state index contributed by atoms with van der Waals surface area (Å²) in [6.07, 6.45) is 0.368. The molecule has 3 rings (SSSR count). The molecule has 2 aromatic carbocycles. The van der Waals surface area contributed by atoms with E-state index in [9.17, 15) is 4.79 Å². The van der Waals surface area contributed by atoms with E-state index in [1.165, 1.54) is 11.3 Å². The summed E-state index contributed by atoms with van der Waals surface area (Å²) in [6.45, 7) is 12.4. The van der Waals surface area contributed by atoms with E-state index in [0.717, 1.165) is 46.5 Å². The minimum Gasteiger partial charge on any atom is -0.372 e. The molecule has 2 N–H and O–H groups in total. The molecular formula is C23H29N3O. The first-order chi connectivity index (χ1) is 12.9. The molecule has 0 spiro atoms. The first-order valence-corrected chi connectivity index (χ1v) is 9.66.